The molecule has 2 aromatic carbocycles. The number of halogens is 1. The SMILES string of the molecule is Cc1cc(C)cc(-c2onc(-c3ccccc3Cl)c2CO)c1. The molecule has 1 aromatic heterocycles. The molecule has 0 atom stereocenters. The molecule has 0 fully saturated rings. The third-order valence-electron chi connectivity index (χ3n) is 3.56. The number of nitrogens with zero attached hydrogens (tertiary/aromatic N) is 1. The number of hydrogen-bond acceptors (Lipinski definition) is 3. The van der Waals surface area contributed by atoms with Gasteiger partial charge in [-0.05, 0) is 32.0 Å². The molecule has 0 unspecified atom stereocenters. The van der Waals surface area contributed by atoms with Gasteiger partial charge in [-0.15, -0.1) is 0 Å². The molecule has 3 aromatic rings. The van der Waals surface area contributed by atoms with Gasteiger partial charge in [-0.3, -0.25) is 0 Å². The van der Waals surface area contributed by atoms with Gasteiger partial charge in [0.2, 0.25) is 0 Å². The maximum atomic E-state index is 9.80. The Kier molecular flexibility index (Phi) is 4.01. The molecule has 0 saturated carbocycles. The highest BCUT2D eigenvalue weighted by Crippen LogP contribution is 2.35. The third kappa shape index (κ3) is 2.65. The lowest BCUT2D eigenvalue weighted by Crippen LogP contribution is -1.90. The highest BCUT2D eigenvalue weighted by Gasteiger charge is 2.20. The van der Waals surface area contributed by atoms with Crippen LogP contribution in [0.4, 0.5) is 0 Å². The summed E-state index contributed by atoms with van der Waals surface area (Å²) in [5.74, 6) is 0.587. The van der Waals surface area contributed by atoms with Crippen LogP contribution in [0.1, 0.15) is 16.7 Å². The van der Waals surface area contributed by atoms with Crippen LogP contribution in [0.15, 0.2) is 47.0 Å². The molecule has 112 valence electrons. The van der Waals surface area contributed by atoms with E-state index in [9.17, 15) is 5.11 Å². The average molecular weight is 314 g/mol. The number of hydrogen-bond donors (Lipinski definition) is 1. The molecule has 0 saturated heterocycles. The number of aryl methyl sites for hydroxylation is 2. The van der Waals surface area contributed by atoms with Gasteiger partial charge in [-0.25, -0.2) is 0 Å². The second-order valence-corrected chi connectivity index (χ2v) is 5.76. The molecule has 0 aliphatic carbocycles. The van der Waals surface area contributed by atoms with Crippen LogP contribution < -0.4 is 0 Å². The topological polar surface area (TPSA) is 46.3 Å². The summed E-state index contributed by atoms with van der Waals surface area (Å²) >= 11 is 6.23. The molecule has 3 rings (SSSR count). The molecular formula is C18H16ClNO2. The van der Waals surface area contributed by atoms with Crippen molar-refractivity contribution < 1.29 is 9.63 Å². The first-order valence-corrected chi connectivity index (χ1v) is 7.41. The Balaban J connectivity index is 2.18. The summed E-state index contributed by atoms with van der Waals surface area (Å²) in [6, 6.07) is 13.5. The summed E-state index contributed by atoms with van der Waals surface area (Å²) in [4.78, 5) is 0. The number of rotatable bonds is 3. The van der Waals surface area contributed by atoms with Crippen molar-refractivity contribution >= 4 is 11.6 Å². The van der Waals surface area contributed by atoms with Gasteiger partial charge < -0.3 is 9.63 Å². The van der Waals surface area contributed by atoms with Crippen LogP contribution in [0.3, 0.4) is 0 Å². The van der Waals surface area contributed by atoms with Crippen molar-refractivity contribution in [3.63, 3.8) is 0 Å². The zero-order chi connectivity index (χ0) is 15.7. The summed E-state index contributed by atoms with van der Waals surface area (Å²) in [7, 11) is 0. The van der Waals surface area contributed by atoms with E-state index in [4.69, 9.17) is 16.1 Å². The molecule has 3 nitrogen and oxygen atoms in total. The lowest BCUT2D eigenvalue weighted by molar-refractivity contribution is 0.281. The molecule has 0 aliphatic heterocycles. The molecule has 0 aliphatic rings. The molecule has 1 N–H and O–H groups in total. The fraction of sp³-hybridized carbons (Fsp3) is 0.167. The van der Waals surface area contributed by atoms with Crippen LogP contribution in [0.25, 0.3) is 22.6 Å². The molecule has 0 amide bonds. The summed E-state index contributed by atoms with van der Waals surface area (Å²) in [5, 5.41) is 14.5. The standard InChI is InChI=1S/C18H16ClNO2/c1-11-7-12(2)9-13(8-11)18-15(10-21)17(20-22-18)14-5-3-4-6-16(14)19/h3-9,21H,10H2,1-2H3. The van der Waals surface area contributed by atoms with Crippen LogP contribution in [0.5, 0.6) is 0 Å². The largest absolute Gasteiger partial charge is 0.391 e. The van der Waals surface area contributed by atoms with Crippen molar-refractivity contribution in [2.24, 2.45) is 0 Å². The Labute approximate surface area is 134 Å². The molecule has 4 heteroatoms. The summed E-state index contributed by atoms with van der Waals surface area (Å²) < 4.78 is 5.52. The third-order valence-corrected chi connectivity index (χ3v) is 3.89. The van der Waals surface area contributed by atoms with Crippen molar-refractivity contribution in [1.82, 2.24) is 5.16 Å². The van der Waals surface area contributed by atoms with Gasteiger partial charge in [0.25, 0.3) is 0 Å². The molecule has 0 radical (unpaired) electrons. The minimum absolute atomic E-state index is 0.160. The fourth-order valence-corrected chi connectivity index (χ4v) is 2.88. The highest BCUT2D eigenvalue weighted by atomic mass is 35.5. The number of aromatic nitrogens is 1. The molecular weight excluding hydrogens is 298 g/mol. The summed E-state index contributed by atoms with van der Waals surface area (Å²) in [6.45, 7) is 3.90. The van der Waals surface area contributed by atoms with Gasteiger partial charge in [0.1, 0.15) is 5.69 Å². The van der Waals surface area contributed by atoms with Gasteiger partial charge in [0.05, 0.1) is 17.2 Å². The monoisotopic (exact) mass is 313 g/mol. The van der Waals surface area contributed by atoms with Crippen molar-refractivity contribution in [3.8, 4) is 22.6 Å². The fourth-order valence-electron chi connectivity index (χ4n) is 2.65. The van der Waals surface area contributed by atoms with E-state index in [2.05, 4.69) is 11.2 Å². The first-order chi connectivity index (χ1) is 10.6. The van der Waals surface area contributed by atoms with E-state index in [1.807, 2.05) is 44.2 Å². The van der Waals surface area contributed by atoms with Crippen LogP contribution >= 0.6 is 11.6 Å². The second-order valence-electron chi connectivity index (χ2n) is 5.35. The summed E-state index contributed by atoms with van der Waals surface area (Å²) in [5.41, 5.74) is 5.17. The second kappa shape index (κ2) is 5.95. The van der Waals surface area contributed by atoms with Gasteiger partial charge in [-0.1, -0.05) is 52.1 Å². The van der Waals surface area contributed by atoms with E-state index >= 15 is 0 Å². The predicted molar refractivity (Wildman–Crippen MR) is 87.8 cm³/mol. The van der Waals surface area contributed by atoms with Crippen LogP contribution in [0.2, 0.25) is 5.02 Å². The van der Waals surface area contributed by atoms with Gasteiger partial charge in [0.15, 0.2) is 5.76 Å². The van der Waals surface area contributed by atoms with Gasteiger partial charge >= 0.3 is 0 Å². The molecule has 0 bridgehead atoms. The zero-order valence-corrected chi connectivity index (χ0v) is 13.2. The lowest BCUT2D eigenvalue weighted by atomic mass is 10.00. The minimum Gasteiger partial charge on any atom is -0.391 e. The predicted octanol–water partition coefficient (Wildman–Crippen LogP) is 4.77. The van der Waals surface area contributed by atoms with Crippen molar-refractivity contribution in [1.29, 1.82) is 0 Å². The minimum atomic E-state index is -0.160. The van der Waals surface area contributed by atoms with E-state index in [1.54, 1.807) is 6.07 Å². The van der Waals surface area contributed by atoms with E-state index in [0.717, 1.165) is 22.3 Å². The normalized spacial score (nSPS) is 10.9. The van der Waals surface area contributed by atoms with Gasteiger partial charge in [-0.2, -0.15) is 0 Å². The van der Waals surface area contributed by atoms with Crippen LogP contribution in [0, 0.1) is 13.8 Å². The van der Waals surface area contributed by atoms with Crippen molar-refractivity contribution in [3.05, 3.63) is 64.2 Å². The first-order valence-electron chi connectivity index (χ1n) is 7.03. The first kappa shape index (κ1) is 14.8. The average Bonchev–Trinajstić information content (AvgIpc) is 2.90. The maximum absolute atomic E-state index is 9.80. The highest BCUT2D eigenvalue weighted by molar-refractivity contribution is 6.33. The quantitative estimate of drug-likeness (QED) is 0.757. The lowest BCUT2D eigenvalue weighted by Gasteiger charge is -2.05. The van der Waals surface area contributed by atoms with Crippen LogP contribution in [-0.4, -0.2) is 10.3 Å². The van der Waals surface area contributed by atoms with E-state index in [-0.39, 0.29) is 6.61 Å². The Morgan fingerprint density at radius 3 is 2.41 bits per heavy atom. The van der Waals surface area contributed by atoms with Gasteiger partial charge in [0, 0.05) is 11.1 Å². The molecule has 0 spiro atoms. The zero-order valence-electron chi connectivity index (χ0n) is 12.4. The molecule has 1 heterocycles. The smallest absolute Gasteiger partial charge is 0.173 e. The Morgan fingerprint density at radius 2 is 1.77 bits per heavy atom. The Morgan fingerprint density at radius 1 is 1.09 bits per heavy atom. The number of benzene rings is 2. The summed E-state index contributed by atoms with van der Waals surface area (Å²) in [6.07, 6.45) is 0. The number of aliphatic hydroxyl groups excluding tert-OH is 1. The van der Waals surface area contributed by atoms with E-state index < -0.39 is 0 Å². The van der Waals surface area contributed by atoms with Crippen molar-refractivity contribution in [2.45, 2.75) is 20.5 Å². The van der Waals surface area contributed by atoms with Crippen molar-refractivity contribution in [2.75, 3.05) is 0 Å². The number of aliphatic hydroxyl groups is 1. The maximum Gasteiger partial charge on any atom is 0.173 e. The molecule has 22 heavy (non-hydrogen) atoms. The van der Waals surface area contributed by atoms with Crippen LogP contribution in [-0.2, 0) is 6.61 Å². The van der Waals surface area contributed by atoms with E-state index in [0.29, 0.717) is 22.0 Å². The van der Waals surface area contributed by atoms with E-state index in [1.165, 1.54) is 0 Å². The Hall–Kier alpha value is -2.10. The Bertz CT molecular complexity index is 803.